The summed E-state index contributed by atoms with van der Waals surface area (Å²) in [5.41, 5.74) is 3.66. The number of ether oxygens (including phenoxy) is 2. The van der Waals surface area contributed by atoms with E-state index in [1.165, 1.54) is 4.90 Å². The molecule has 3 heterocycles. The van der Waals surface area contributed by atoms with Gasteiger partial charge in [-0.15, -0.1) is 0 Å². The lowest BCUT2D eigenvalue weighted by Gasteiger charge is -2.26. The SMILES string of the molecule is COc1ccc(OC)c(CNC(=O)CN2C(=O)CCn3nc(-c4cn(C)c5ccccc45)cc32)c1. The van der Waals surface area contributed by atoms with Crippen LogP contribution in [0.1, 0.15) is 12.0 Å². The van der Waals surface area contributed by atoms with Gasteiger partial charge in [0.15, 0.2) is 0 Å². The van der Waals surface area contributed by atoms with Gasteiger partial charge in [0.2, 0.25) is 11.8 Å². The third-order valence-electron chi connectivity index (χ3n) is 6.31. The first kappa shape index (κ1) is 22.5. The molecule has 0 radical (unpaired) electrons. The maximum atomic E-state index is 12.8. The lowest BCUT2D eigenvalue weighted by Crippen LogP contribution is -2.44. The van der Waals surface area contributed by atoms with Crippen molar-refractivity contribution in [2.45, 2.75) is 19.5 Å². The largest absolute Gasteiger partial charge is 0.497 e. The number of benzene rings is 2. The number of fused-ring (bicyclic) bond motifs is 2. The Balaban J connectivity index is 1.36. The average molecular weight is 474 g/mol. The van der Waals surface area contributed by atoms with E-state index >= 15 is 0 Å². The zero-order valence-corrected chi connectivity index (χ0v) is 19.9. The first-order valence-corrected chi connectivity index (χ1v) is 11.4. The molecule has 0 spiro atoms. The summed E-state index contributed by atoms with van der Waals surface area (Å²) >= 11 is 0. The van der Waals surface area contributed by atoms with Crippen LogP contribution in [0.25, 0.3) is 22.2 Å². The van der Waals surface area contributed by atoms with Crippen LogP contribution in [0.3, 0.4) is 0 Å². The second-order valence-corrected chi connectivity index (χ2v) is 8.47. The molecule has 180 valence electrons. The number of rotatable bonds is 7. The van der Waals surface area contributed by atoms with Crippen molar-refractivity contribution in [2.75, 3.05) is 25.7 Å². The van der Waals surface area contributed by atoms with Crippen LogP contribution in [0, 0.1) is 0 Å². The fourth-order valence-electron chi connectivity index (χ4n) is 4.51. The standard InChI is InChI=1S/C26H27N5O4/c1-29-15-20(19-6-4-5-7-22(19)29)21-13-25-30(26(33)10-11-31(25)28-21)16-24(32)27-14-17-12-18(34-2)8-9-23(17)35-3/h4-9,12-13,15H,10-11,14,16H2,1-3H3,(H,27,32). The Morgan fingerprint density at radius 1 is 1.11 bits per heavy atom. The Labute approximate surface area is 202 Å². The molecule has 5 rings (SSSR count). The monoisotopic (exact) mass is 473 g/mol. The van der Waals surface area contributed by atoms with E-state index in [1.54, 1.807) is 31.0 Å². The number of hydrogen-bond donors (Lipinski definition) is 1. The van der Waals surface area contributed by atoms with Crippen molar-refractivity contribution in [3.63, 3.8) is 0 Å². The number of carbonyl (C=O) groups excluding carboxylic acids is 2. The van der Waals surface area contributed by atoms with E-state index in [0.29, 0.717) is 30.3 Å². The second kappa shape index (κ2) is 9.17. The van der Waals surface area contributed by atoms with Gasteiger partial charge in [0.25, 0.3) is 0 Å². The molecule has 2 amide bonds. The summed E-state index contributed by atoms with van der Waals surface area (Å²) in [6.07, 6.45) is 2.33. The molecule has 0 bridgehead atoms. The predicted molar refractivity (Wildman–Crippen MR) is 133 cm³/mol. The van der Waals surface area contributed by atoms with Crippen molar-refractivity contribution in [2.24, 2.45) is 7.05 Å². The van der Waals surface area contributed by atoms with Gasteiger partial charge in [-0.2, -0.15) is 5.10 Å². The van der Waals surface area contributed by atoms with E-state index in [2.05, 4.69) is 22.0 Å². The van der Waals surface area contributed by atoms with Gasteiger partial charge in [0, 0.05) is 54.3 Å². The van der Waals surface area contributed by atoms with Crippen LogP contribution in [0.5, 0.6) is 11.5 Å². The third kappa shape index (κ3) is 4.21. The van der Waals surface area contributed by atoms with E-state index in [9.17, 15) is 9.59 Å². The molecule has 0 unspecified atom stereocenters. The molecule has 1 aliphatic heterocycles. The minimum Gasteiger partial charge on any atom is -0.497 e. The van der Waals surface area contributed by atoms with Crippen LogP contribution in [-0.2, 0) is 29.7 Å². The minimum atomic E-state index is -0.274. The molecule has 9 nitrogen and oxygen atoms in total. The van der Waals surface area contributed by atoms with Gasteiger partial charge in [0.1, 0.15) is 23.9 Å². The highest BCUT2D eigenvalue weighted by Gasteiger charge is 2.28. The summed E-state index contributed by atoms with van der Waals surface area (Å²) in [6, 6.07) is 15.4. The Kier molecular flexibility index (Phi) is 5.90. The Morgan fingerprint density at radius 2 is 1.94 bits per heavy atom. The minimum absolute atomic E-state index is 0.0915. The summed E-state index contributed by atoms with van der Waals surface area (Å²) < 4.78 is 14.5. The molecule has 0 fully saturated rings. The van der Waals surface area contributed by atoms with E-state index in [-0.39, 0.29) is 24.9 Å². The summed E-state index contributed by atoms with van der Waals surface area (Å²) in [6.45, 7) is 0.644. The molecule has 1 N–H and O–H groups in total. The number of carbonyl (C=O) groups is 2. The zero-order valence-electron chi connectivity index (χ0n) is 19.9. The Morgan fingerprint density at radius 3 is 2.74 bits per heavy atom. The number of aryl methyl sites for hydroxylation is 2. The molecule has 2 aromatic carbocycles. The van der Waals surface area contributed by atoms with Crippen molar-refractivity contribution < 1.29 is 19.1 Å². The molecule has 9 heteroatoms. The predicted octanol–water partition coefficient (Wildman–Crippen LogP) is 3.11. The first-order chi connectivity index (χ1) is 17.0. The molecule has 0 atom stereocenters. The number of nitrogens with zero attached hydrogens (tertiary/aromatic N) is 4. The number of anilines is 1. The van der Waals surface area contributed by atoms with Gasteiger partial charge >= 0.3 is 0 Å². The van der Waals surface area contributed by atoms with E-state index in [1.807, 2.05) is 37.5 Å². The van der Waals surface area contributed by atoms with Gasteiger partial charge in [-0.05, 0) is 24.3 Å². The number of nitrogens with one attached hydrogen (secondary N) is 1. The second-order valence-electron chi connectivity index (χ2n) is 8.47. The molecule has 35 heavy (non-hydrogen) atoms. The molecule has 0 saturated heterocycles. The molecule has 0 aliphatic carbocycles. The number of para-hydroxylation sites is 1. The molecule has 2 aromatic heterocycles. The van der Waals surface area contributed by atoms with Crippen LogP contribution in [0.4, 0.5) is 5.82 Å². The van der Waals surface area contributed by atoms with Gasteiger partial charge in [-0.1, -0.05) is 18.2 Å². The quantitative estimate of drug-likeness (QED) is 0.445. The summed E-state index contributed by atoms with van der Waals surface area (Å²) in [5, 5.41) is 8.74. The van der Waals surface area contributed by atoms with Crippen molar-refractivity contribution in [1.29, 1.82) is 0 Å². The normalized spacial score (nSPS) is 13.1. The van der Waals surface area contributed by atoms with Crippen molar-refractivity contribution in [3.8, 4) is 22.8 Å². The Bertz CT molecular complexity index is 1420. The fraction of sp³-hybridized carbons (Fsp3) is 0.269. The maximum absolute atomic E-state index is 12.8. The maximum Gasteiger partial charge on any atom is 0.240 e. The highest BCUT2D eigenvalue weighted by atomic mass is 16.5. The third-order valence-corrected chi connectivity index (χ3v) is 6.31. The van der Waals surface area contributed by atoms with Gasteiger partial charge in [-0.25, -0.2) is 4.68 Å². The molecule has 4 aromatic rings. The number of amides is 2. The topological polar surface area (TPSA) is 90.6 Å². The van der Waals surface area contributed by atoms with Crippen LogP contribution in [0.2, 0.25) is 0 Å². The zero-order chi connectivity index (χ0) is 24.5. The fourth-order valence-corrected chi connectivity index (χ4v) is 4.51. The lowest BCUT2D eigenvalue weighted by atomic mass is 10.1. The number of aromatic nitrogens is 3. The van der Waals surface area contributed by atoms with Crippen LogP contribution in [0.15, 0.2) is 54.7 Å². The molecular weight excluding hydrogens is 446 g/mol. The molecule has 1 aliphatic rings. The summed E-state index contributed by atoms with van der Waals surface area (Å²) in [5.74, 6) is 1.57. The van der Waals surface area contributed by atoms with Gasteiger partial charge < -0.3 is 19.4 Å². The highest BCUT2D eigenvalue weighted by Crippen LogP contribution is 2.33. The molecular formula is C26H27N5O4. The van der Waals surface area contributed by atoms with Crippen molar-refractivity contribution >= 4 is 28.5 Å². The van der Waals surface area contributed by atoms with Crippen LogP contribution in [-0.4, -0.2) is 46.9 Å². The van der Waals surface area contributed by atoms with E-state index < -0.39 is 0 Å². The Hall–Kier alpha value is -4.27. The van der Waals surface area contributed by atoms with Crippen molar-refractivity contribution in [3.05, 3.63) is 60.3 Å². The van der Waals surface area contributed by atoms with Crippen molar-refractivity contribution in [1.82, 2.24) is 19.7 Å². The van der Waals surface area contributed by atoms with E-state index in [4.69, 9.17) is 14.6 Å². The smallest absolute Gasteiger partial charge is 0.240 e. The van der Waals surface area contributed by atoms with Gasteiger partial charge in [0.05, 0.1) is 26.5 Å². The van der Waals surface area contributed by atoms with Crippen LogP contribution < -0.4 is 19.7 Å². The number of methoxy groups -OCH3 is 2. The summed E-state index contributed by atoms with van der Waals surface area (Å²) in [4.78, 5) is 27.1. The van der Waals surface area contributed by atoms with Gasteiger partial charge in [-0.3, -0.25) is 14.5 Å². The van der Waals surface area contributed by atoms with E-state index in [0.717, 1.165) is 27.7 Å². The molecule has 0 saturated carbocycles. The van der Waals surface area contributed by atoms with Crippen LogP contribution >= 0.6 is 0 Å². The average Bonchev–Trinajstić information content (AvgIpc) is 3.46. The summed E-state index contributed by atoms with van der Waals surface area (Å²) in [7, 11) is 5.16. The first-order valence-electron chi connectivity index (χ1n) is 11.4. The lowest BCUT2D eigenvalue weighted by molar-refractivity contribution is -0.124. The highest BCUT2D eigenvalue weighted by molar-refractivity contribution is 6.00. The number of hydrogen-bond acceptors (Lipinski definition) is 5.